The molecule has 0 saturated heterocycles. The van der Waals surface area contributed by atoms with Crippen LogP contribution in [0.1, 0.15) is 6.42 Å². The predicted molar refractivity (Wildman–Crippen MR) is 49.4 cm³/mol. The lowest BCUT2D eigenvalue weighted by Gasteiger charge is -2.14. The van der Waals surface area contributed by atoms with E-state index in [1.54, 1.807) is 0 Å². The van der Waals surface area contributed by atoms with Gasteiger partial charge in [0.15, 0.2) is 5.17 Å². The molecule has 2 N–H and O–H groups in total. The minimum Gasteiger partial charge on any atom is -0.390 e. The van der Waals surface area contributed by atoms with E-state index < -0.39 is 12.8 Å². The van der Waals surface area contributed by atoms with Crippen LogP contribution < -0.4 is 5.32 Å². The Hall–Kier alpha value is -0.290. The summed E-state index contributed by atoms with van der Waals surface area (Å²) in [6.45, 7) is 1.08. The molecule has 0 aromatic carbocycles. The van der Waals surface area contributed by atoms with Crippen LogP contribution in [0.15, 0.2) is 4.99 Å². The number of amidine groups is 1. The highest BCUT2D eigenvalue weighted by atomic mass is 32.2. The summed E-state index contributed by atoms with van der Waals surface area (Å²) >= 11 is 1.38. The minimum atomic E-state index is -0.860. The number of alkyl halides is 1. The van der Waals surface area contributed by atoms with Gasteiger partial charge in [-0.1, -0.05) is 11.8 Å². The Kier molecular flexibility index (Phi) is 4.39. The van der Waals surface area contributed by atoms with Crippen molar-refractivity contribution in [2.45, 2.75) is 12.5 Å². The van der Waals surface area contributed by atoms with Crippen LogP contribution in [0.3, 0.4) is 0 Å². The van der Waals surface area contributed by atoms with Crippen molar-refractivity contribution >= 4 is 16.9 Å². The van der Waals surface area contributed by atoms with Crippen LogP contribution in [0.4, 0.5) is 4.39 Å². The summed E-state index contributed by atoms with van der Waals surface area (Å²) < 4.78 is 11.8. The largest absolute Gasteiger partial charge is 0.390 e. The quantitative estimate of drug-likeness (QED) is 0.680. The fraction of sp³-hybridized carbons (Fsp3) is 0.857. The van der Waals surface area contributed by atoms with E-state index in [0.717, 1.165) is 24.7 Å². The zero-order chi connectivity index (χ0) is 8.81. The first-order valence-electron chi connectivity index (χ1n) is 3.98. The maximum absolute atomic E-state index is 11.8. The van der Waals surface area contributed by atoms with E-state index >= 15 is 0 Å². The van der Waals surface area contributed by atoms with Crippen molar-refractivity contribution in [1.82, 2.24) is 5.32 Å². The lowest BCUT2D eigenvalue weighted by molar-refractivity contribution is 0.162. The molecule has 0 fully saturated rings. The minimum absolute atomic E-state index is 0.377. The summed E-state index contributed by atoms with van der Waals surface area (Å²) in [6.07, 6.45) is 0.192. The van der Waals surface area contributed by atoms with E-state index in [1.807, 2.05) is 0 Å². The van der Waals surface area contributed by atoms with E-state index in [0.29, 0.717) is 5.75 Å². The Bertz CT molecular complexity index is 165. The summed E-state index contributed by atoms with van der Waals surface area (Å²) in [5.74, 6) is 0.377. The molecule has 70 valence electrons. The molecule has 1 rings (SSSR count). The number of halogens is 1. The molecule has 12 heavy (non-hydrogen) atoms. The Labute approximate surface area is 75.5 Å². The van der Waals surface area contributed by atoms with Gasteiger partial charge in [-0.25, -0.2) is 4.39 Å². The molecule has 0 aromatic heterocycles. The highest BCUT2D eigenvalue weighted by Gasteiger charge is 2.08. The zero-order valence-electron chi connectivity index (χ0n) is 6.79. The Morgan fingerprint density at radius 1 is 1.75 bits per heavy atom. The highest BCUT2D eigenvalue weighted by molar-refractivity contribution is 8.13. The second kappa shape index (κ2) is 5.37. The van der Waals surface area contributed by atoms with Crippen LogP contribution in [-0.4, -0.2) is 41.9 Å². The molecule has 1 atom stereocenters. The van der Waals surface area contributed by atoms with Crippen molar-refractivity contribution in [1.29, 1.82) is 0 Å². The Morgan fingerprint density at radius 3 is 3.17 bits per heavy atom. The van der Waals surface area contributed by atoms with E-state index in [1.165, 1.54) is 11.8 Å². The highest BCUT2D eigenvalue weighted by Crippen LogP contribution is 2.07. The normalized spacial score (nSPS) is 19.7. The van der Waals surface area contributed by atoms with Crippen molar-refractivity contribution in [3.63, 3.8) is 0 Å². The average molecular weight is 192 g/mol. The van der Waals surface area contributed by atoms with E-state index in [4.69, 9.17) is 5.11 Å². The number of nitrogens with zero attached hydrogens (tertiary/aromatic N) is 1. The van der Waals surface area contributed by atoms with Gasteiger partial charge < -0.3 is 10.4 Å². The molecule has 0 aliphatic carbocycles. The molecule has 0 amide bonds. The molecule has 1 heterocycles. The number of nitrogens with one attached hydrogen (secondary N) is 1. The molecular weight excluding hydrogens is 179 g/mol. The first-order chi connectivity index (χ1) is 5.83. The van der Waals surface area contributed by atoms with Gasteiger partial charge in [0.05, 0.1) is 6.10 Å². The second-order valence-electron chi connectivity index (χ2n) is 2.59. The lowest BCUT2D eigenvalue weighted by atomic mass is 10.4. The molecule has 1 aliphatic heterocycles. The number of aliphatic hydroxyl groups is 1. The van der Waals surface area contributed by atoms with Crippen LogP contribution in [0.5, 0.6) is 0 Å². The van der Waals surface area contributed by atoms with Gasteiger partial charge in [-0.2, -0.15) is 0 Å². The van der Waals surface area contributed by atoms with E-state index in [2.05, 4.69) is 10.3 Å². The van der Waals surface area contributed by atoms with Crippen molar-refractivity contribution in [2.75, 3.05) is 25.5 Å². The molecule has 1 aliphatic rings. The monoisotopic (exact) mass is 192 g/mol. The zero-order valence-corrected chi connectivity index (χ0v) is 7.61. The SMILES string of the molecule is OC(CF)CSC1=NCCCN1. The number of aliphatic imine (C=N–C) groups is 1. The van der Waals surface area contributed by atoms with Gasteiger partial charge in [-0.3, -0.25) is 4.99 Å². The third-order valence-electron chi connectivity index (χ3n) is 1.46. The third kappa shape index (κ3) is 3.40. The van der Waals surface area contributed by atoms with Gasteiger partial charge in [0, 0.05) is 18.8 Å². The van der Waals surface area contributed by atoms with Crippen molar-refractivity contribution < 1.29 is 9.50 Å². The average Bonchev–Trinajstić information content (AvgIpc) is 2.16. The molecule has 0 radical (unpaired) electrons. The lowest BCUT2D eigenvalue weighted by Crippen LogP contribution is -2.28. The number of thioether (sulfide) groups is 1. The van der Waals surface area contributed by atoms with Gasteiger partial charge in [0.2, 0.25) is 0 Å². The summed E-state index contributed by atoms with van der Waals surface area (Å²) in [6, 6.07) is 0. The molecule has 0 spiro atoms. The smallest absolute Gasteiger partial charge is 0.156 e. The van der Waals surface area contributed by atoms with Gasteiger partial charge in [0.25, 0.3) is 0 Å². The summed E-state index contributed by atoms with van der Waals surface area (Å²) in [7, 11) is 0. The first-order valence-corrected chi connectivity index (χ1v) is 4.96. The van der Waals surface area contributed by atoms with E-state index in [-0.39, 0.29) is 0 Å². The van der Waals surface area contributed by atoms with Crippen molar-refractivity contribution in [3.8, 4) is 0 Å². The number of hydrogen-bond donors (Lipinski definition) is 2. The van der Waals surface area contributed by atoms with Gasteiger partial charge in [-0.15, -0.1) is 0 Å². The van der Waals surface area contributed by atoms with Gasteiger partial charge in [-0.05, 0) is 6.42 Å². The maximum atomic E-state index is 11.8. The fourth-order valence-electron chi connectivity index (χ4n) is 0.827. The number of rotatable bonds is 3. The predicted octanol–water partition coefficient (Wildman–Crippen LogP) is 0.399. The molecule has 5 heteroatoms. The van der Waals surface area contributed by atoms with Crippen LogP contribution in [-0.2, 0) is 0 Å². The van der Waals surface area contributed by atoms with Gasteiger partial charge >= 0.3 is 0 Å². The van der Waals surface area contributed by atoms with Crippen molar-refractivity contribution in [2.24, 2.45) is 4.99 Å². The molecule has 0 aromatic rings. The number of hydrogen-bond acceptors (Lipinski definition) is 4. The first kappa shape index (κ1) is 9.80. The van der Waals surface area contributed by atoms with Crippen LogP contribution >= 0.6 is 11.8 Å². The Morgan fingerprint density at radius 2 is 2.58 bits per heavy atom. The topological polar surface area (TPSA) is 44.6 Å². The third-order valence-corrected chi connectivity index (χ3v) is 2.56. The number of aliphatic hydroxyl groups excluding tert-OH is 1. The second-order valence-corrected chi connectivity index (χ2v) is 3.60. The molecule has 3 nitrogen and oxygen atoms in total. The summed E-state index contributed by atoms with van der Waals surface area (Å²) in [5.41, 5.74) is 0. The van der Waals surface area contributed by atoms with E-state index in [9.17, 15) is 4.39 Å². The molecule has 0 saturated carbocycles. The van der Waals surface area contributed by atoms with Crippen LogP contribution in [0.25, 0.3) is 0 Å². The fourth-order valence-corrected chi connectivity index (χ4v) is 1.65. The van der Waals surface area contributed by atoms with Crippen LogP contribution in [0.2, 0.25) is 0 Å². The maximum Gasteiger partial charge on any atom is 0.156 e. The standard InChI is InChI=1S/C7H13FN2OS/c8-4-6(11)5-12-7-9-2-1-3-10-7/h6,11H,1-5H2,(H,9,10). The Balaban J connectivity index is 2.17. The molecule has 0 bridgehead atoms. The summed E-state index contributed by atoms with van der Waals surface area (Å²) in [5, 5.41) is 12.8. The van der Waals surface area contributed by atoms with Crippen LogP contribution in [0, 0.1) is 0 Å². The van der Waals surface area contributed by atoms with Gasteiger partial charge in [0.1, 0.15) is 6.67 Å². The molecular formula is C7H13FN2OS. The molecule has 1 unspecified atom stereocenters. The van der Waals surface area contributed by atoms with Crippen molar-refractivity contribution in [3.05, 3.63) is 0 Å². The summed E-state index contributed by atoms with van der Waals surface area (Å²) in [4.78, 5) is 4.17.